The molecule has 0 spiro atoms. The van der Waals surface area contributed by atoms with Gasteiger partial charge in [-0.15, -0.1) is 0 Å². The number of nitro groups is 1. The van der Waals surface area contributed by atoms with Gasteiger partial charge in [0.05, 0.1) is 27.3 Å². The minimum absolute atomic E-state index is 0. The summed E-state index contributed by atoms with van der Waals surface area (Å²) in [5, 5.41) is 25.0. The molecule has 0 aliphatic carbocycles. The van der Waals surface area contributed by atoms with Crippen LogP contribution in [0.25, 0.3) is 17.0 Å². The number of fused-ring (bicyclic) bond motifs is 1. The third kappa shape index (κ3) is 4.82. The van der Waals surface area contributed by atoms with Crippen molar-refractivity contribution in [2.75, 3.05) is 5.32 Å². The van der Waals surface area contributed by atoms with Crippen LogP contribution >= 0.6 is 23.2 Å². The van der Waals surface area contributed by atoms with Crippen molar-refractivity contribution in [1.82, 2.24) is 4.98 Å². The van der Waals surface area contributed by atoms with Crippen LogP contribution in [0.1, 0.15) is 16.1 Å². The topological polar surface area (TPSA) is 128 Å². The minimum atomic E-state index is -1.54. The number of nitrogens with one attached hydrogen (secondary N) is 2. The number of hydrogen-bond donors (Lipinski definition) is 2. The van der Waals surface area contributed by atoms with Gasteiger partial charge in [0.15, 0.2) is 0 Å². The van der Waals surface area contributed by atoms with Crippen molar-refractivity contribution in [3.05, 3.63) is 73.6 Å². The van der Waals surface area contributed by atoms with E-state index in [-0.39, 0.29) is 50.9 Å². The molecule has 0 atom stereocenters. The van der Waals surface area contributed by atoms with E-state index in [2.05, 4.69) is 10.3 Å². The SMILES string of the molecule is O=C(/C=C/c1c(C(=O)[O-])[nH]c2cc(Cl)cc(Cl)c12)Nc1cccc([N+](=O)[O-])c1F.[Na+]. The molecule has 148 valence electrons. The number of aromatic amines is 1. The molecule has 1 heterocycles. The Morgan fingerprint density at radius 1 is 1.23 bits per heavy atom. The molecule has 8 nitrogen and oxygen atoms in total. The second kappa shape index (κ2) is 9.59. The summed E-state index contributed by atoms with van der Waals surface area (Å²) in [7, 11) is 0. The van der Waals surface area contributed by atoms with Crippen molar-refractivity contribution in [2.45, 2.75) is 0 Å². The van der Waals surface area contributed by atoms with Gasteiger partial charge in [0.1, 0.15) is 0 Å². The predicted octanol–water partition coefficient (Wildman–Crippen LogP) is 0.541. The van der Waals surface area contributed by atoms with Crippen LogP contribution in [0.3, 0.4) is 0 Å². The molecule has 0 saturated heterocycles. The van der Waals surface area contributed by atoms with Crippen LogP contribution in [0, 0.1) is 15.9 Å². The Balaban J connectivity index is 0.00000320. The number of halogens is 3. The maximum Gasteiger partial charge on any atom is 1.00 e. The van der Waals surface area contributed by atoms with Crippen LogP contribution in [-0.2, 0) is 4.79 Å². The van der Waals surface area contributed by atoms with Crippen LogP contribution in [0.5, 0.6) is 0 Å². The zero-order valence-corrected chi connectivity index (χ0v) is 18.7. The number of benzene rings is 2. The number of aromatic nitrogens is 1. The number of anilines is 1. The van der Waals surface area contributed by atoms with Gasteiger partial charge < -0.3 is 20.2 Å². The Bertz CT molecular complexity index is 1210. The van der Waals surface area contributed by atoms with Crippen LogP contribution in [0.15, 0.2) is 36.4 Å². The van der Waals surface area contributed by atoms with E-state index < -0.39 is 34.0 Å². The molecule has 3 rings (SSSR count). The fraction of sp³-hybridized carbons (Fsp3) is 0. The molecule has 1 aromatic heterocycles. The first kappa shape index (κ1) is 23.8. The van der Waals surface area contributed by atoms with E-state index in [0.29, 0.717) is 10.9 Å². The summed E-state index contributed by atoms with van der Waals surface area (Å²) in [5.74, 6) is -3.61. The van der Waals surface area contributed by atoms with Gasteiger partial charge in [0, 0.05) is 33.6 Å². The molecule has 0 fully saturated rings. The van der Waals surface area contributed by atoms with E-state index in [1.54, 1.807) is 0 Å². The molecule has 12 heteroatoms. The van der Waals surface area contributed by atoms with Gasteiger partial charge in [0.2, 0.25) is 11.7 Å². The minimum Gasteiger partial charge on any atom is -0.543 e. The zero-order chi connectivity index (χ0) is 21.3. The molecule has 0 aliphatic rings. The Kier molecular flexibility index (Phi) is 7.62. The molecule has 2 N–H and O–H groups in total. The number of carbonyl (C=O) groups excluding carboxylic acids is 2. The average Bonchev–Trinajstić information content (AvgIpc) is 3.00. The number of H-pyrrole nitrogens is 1. The number of nitro benzene ring substituents is 1. The van der Waals surface area contributed by atoms with Crippen LogP contribution in [0.4, 0.5) is 15.8 Å². The van der Waals surface area contributed by atoms with Gasteiger partial charge in [-0.2, -0.15) is 4.39 Å². The van der Waals surface area contributed by atoms with Crippen LogP contribution < -0.4 is 40.0 Å². The smallest absolute Gasteiger partial charge is 0.543 e. The monoisotopic (exact) mass is 459 g/mol. The summed E-state index contributed by atoms with van der Waals surface area (Å²) in [6.07, 6.45) is 2.08. The van der Waals surface area contributed by atoms with E-state index >= 15 is 0 Å². The first-order valence-corrected chi connectivity index (χ1v) is 8.58. The summed E-state index contributed by atoms with van der Waals surface area (Å²) in [6.45, 7) is 0. The zero-order valence-electron chi connectivity index (χ0n) is 15.2. The molecule has 30 heavy (non-hydrogen) atoms. The summed E-state index contributed by atoms with van der Waals surface area (Å²) in [5.41, 5.74) is -1.18. The second-order valence-electron chi connectivity index (χ2n) is 5.73. The Morgan fingerprint density at radius 3 is 2.57 bits per heavy atom. The van der Waals surface area contributed by atoms with Crippen molar-refractivity contribution >= 4 is 63.4 Å². The second-order valence-corrected chi connectivity index (χ2v) is 6.57. The summed E-state index contributed by atoms with van der Waals surface area (Å²) < 4.78 is 14.1. The number of carbonyl (C=O) groups is 2. The van der Waals surface area contributed by atoms with E-state index in [9.17, 15) is 29.2 Å². The van der Waals surface area contributed by atoms with E-state index in [1.807, 2.05) is 0 Å². The number of rotatable bonds is 5. The predicted molar refractivity (Wildman–Crippen MR) is 103 cm³/mol. The molecule has 0 unspecified atom stereocenters. The van der Waals surface area contributed by atoms with Gasteiger partial charge in [0.25, 0.3) is 0 Å². The van der Waals surface area contributed by atoms with Crippen molar-refractivity contribution in [2.24, 2.45) is 0 Å². The molecule has 3 aromatic rings. The number of carboxylic acids is 1. The largest absolute Gasteiger partial charge is 1.00 e. The molecule has 1 amide bonds. The molecule has 0 radical (unpaired) electrons. The van der Waals surface area contributed by atoms with Crippen molar-refractivity contribution in [3.8, 4) is 0 Å². The third-order valence-corrected chi connectivity index (χ3v) is 4.41. The summed E-state index contributed by atoms with van der Waals surface area (Å²) >= 11 is 12.0. The normalized spacial score (nSPS) is 10.8. The fourth-order valence-corrected chi connectivity index (χ4v) is 3.29. The molecular weight excluding hydrogens is 451 g/mol. The standard InChI is InChI=1S/C18H10Cl2FN3O5.Na/c19-8-6-10(20)15-9(17(18(26)27)23-12(15)7-8)4-5-14(25)22-11-2-1-3-13(16(11)21)24(28)29;/h1-7,23H,(H,22,25)(H,26,27);/q;+1/p-1/b5-4+;. The Hall–Kier alpha value is -2.43. The maximum absolute atomic E-state index is 14.1. The first-order valence-electron chi connectivity index (χ1n) is 7.83. The molecule has 0 bridgehead atoms. The molecule has 2 aromatic carbocycles. The van der Waals surface area contributed by atoms with Gasteiger partial charge >= 0.3 is 35.2 Å². The van der Waals surface area contributed by atoms with Crippen LogP contribution in [0.2, 0.25) is 10.0 Å². The number of nitrogens with zero attached hydrogens (tertiary/aromatic N) is 1. The van der Waals surface area contributed by atoms with E-state index in [1.165, 1.54) is 18.2 Å². The fourth-order valence-electron chi connectivity index (χ4n) is 2.69. The molecular formula is C18H9Cl2FN3NaO5. The summed E-state index contributed by atoms with van der Waals surface area (Å²) in [6, 6.07) is 6.15. The van der Waals surface area contributed by atoms with E-state index in [4.69, 9.17) is 23.2 Å². The number of aromatic carboxylic acids is 1. The van der Waals surface area contributed by atoms with Crippen molar-refractivity contribution < 1.29 is 53.6 Å². The van der Waals surface area contributed by atoms with Crippen molar-refractivity contribution in [3.63, 3.8) is 0 Å². The molecule has 0 saturated carbocycles. The Labute approximate surface area is 200 Å². The van der Waals surface area contributed by atoms with E-state index in [0.717, 1.165) is 24.3 Å². The third-order valence-electron chi connectivity index (χ3n) is 3.89. The number of amides is 1. The average molecular weight is 460 g/mol. The molecule has 0 aliphatic heterocycles. The number of carboxylic acid groups (broad SMARTS) is 1. The van der Waals surface area contributed by atoms with Crippen LogP contribution in [-0.4, -0.2) is 21.8 Å². The first-order chi connectivity index (χ1) is 13.7. The van der Waals surface area contributed by atoms with Gasteiger partial charge in [-0.05, 0) is 24.3 Å². The van der Waals surface area contributed by atoms with Gasteiger partial charge in [-0.3, -0.25) is 14.9 Å². The Morgan fingerprint density at radius 2 is 1.93 bits per heavy atom. The quantitative estimate of drug-likeness (QED) is 0.249. The van der Waals surface area contributed by atoms with Gasteiger partial charge in [-0.1, -0.05) is 29.3 Å². The maximum atomic E-state index is 14.1. The number of hydrogen-bond acceptors (Lipinski definition) is 5. The van der Waals surface area contributed by atoms with Gasteiger partial charge in [-0.25, -0.2) is 0 Å². The summed E-state index contributed by atoms with van der Waals surface area (Å²) in [4.78, 5) is 36.0. The van der Waals surface area contributed by atoms with Crippen molar-refractivity contribution in [1.29, 1.82) is 0 Å².